The molecule has 30 heavy (non-hydrogen) atoms. The highest BCUT2D eigenvalue weighted by Crippen LogP contribution is 2.32. The maximum atomic E-state index is 11.6. The zero-order valence-corrected chi connectivity index (χ0v) is 16.7. The highest BCUT2D eigenvalue weighted by Gasteiger charge is 2.21. The van der Waals surface area contributed by atoms with Crippen LogP contribution in [-0.2, 0) is 13.1 Å². The molecule has 1 aliphatic heterocycles. The Hall–Kier alpha value is -3.87. The van der Waals surface area contributed by atoms with Crippen LogP contribution in [0.2, 0.25) is 0 Å². The van der Waals surface area contributed by atoms with Crippen molar-refractivity contribution in [1.82, 2.24) is 0 Å². The number of hydrogen-bond donors (Lipinski definition) is 2. The first-order chi connectivity index (χ1) is 14.3. The maximum Gasteiger partial charge on any atom is 0.338 e. The number of carboxylic acid groups (broad SMARTS) is 1. The van der Waals surface area contributed by atoms with E-state index >= 15 is 0 Å². The number of aromatic carboxylic acids is 1. The van der Waals surface area contributed by atoms with Gasteiger partial charge in [-0.1, -0.05) is 12.1 Å². The second-order valence-corrected chi connectivity index (χ2v) is 7.53. The lowest BCUT2D eigenvalue weighted by Gasteiger charge is -2.18. The molecule has 3 aromatic rings. The Morgan fingerprint density at radius 2 is 1.77 bits per heavy atom. The van der Waals surface area contributed by atoms with E-state index in [0.717, 1.165) is 30.4 Å². The van der Waals surface area contributed by atoms with Gasteiger partial charge < -0.3 is 15.3 Å². The molecule has 0 unspecified atom stereocenters. The number of nitro groups is 1. The van der Waals surface area contributed by atoms with Crippen molar-refractivity contribution in [2.45, 2.75) is 26.9 Å². The van der Waals surface area contributed by atoms with Gasteiger partial charge in [-0.15, -0.1) is 0 Å². The van der Waals surface area contributed by atoms with Crippen LogP contribution in [0, 0.1) is 24.0 Å². The van der Waals surface area contributed by atoms with Gasteiger partial charge in [0.05, 0.1) is 16.2 Å². The molecule has 0 radical (unpaired) electrons. The summed E-state index contributed by atoms with van der Waals surface area (Å²) in [5.41, 5.74) is 6.75. The van der Waals surface area contributed by atoms with Gasteiger partial charge in [0.2, 0.25) is 0 Å². The average Bonchev–Trinajstić information content (AvgIpc) is 3.13. The number of fused-ring (bicyclic) bond motifs is 1. The van der Waals surface area contributed by atoms with Crippen molar-refractivity contribution in [2.24, 2.45) is 0 Å². The predicted octanol–water partition coefficient (Wildman–Crippen LogP) is 5.17. The summed E-state index contributed by atoms with van der Waals surface area (Å²) < 4.78 is 0. The smallest absolute Gasteiger partial charge is 0.338 e. The zero-order chi connectivity index (χ0) is 21.4. The molecule has 2 N–H and O–H groups in total. The molecule has 0 spiro atoms. The number of nitrogens with one attached hydrogen (secondary N) is 1. The Bertz CT molecular complexity index is 1170. The van der Waals surface area contributed by atoms with Crippen molar-refractivity contribution < 1.29 is 14.8 Å². The van der Waals surface area contributed by atoms with Gasteiger partial charge in [-0.25, -0.2) is 4.79 Å². The lowest BCUT2D eigenvalue weighted by atomic mass is 10.1. The van der Waals surface area contributed by atoms with Gasteiger partial charge in [-0.2, -0.15) is 0 Å². The highest BCUT2D eigenvalue weighted by molar-refractivity contribution is 5.96. The van der Waals surface area contributed by atoms with Crippen LogP contribution in [0.1, 0.15) is 32.6 Å². The van der Waals surface area contributed by atoms with Gasteiger partial charge in [0.25, 0.3) is 5.69 Å². The van der Waals surface area contributed by atoms with E-state index in [-0.39, 0.29) is 11.3 Å². The van der Waals surface area contributed by atoms with Crippen molar-refractivity contribution in [3.05, 3.63) is 92.5 Å². The van der Waals surface area contributed by atoms with Crippen LogP contribution in [-0.4, -0.2) is 16.0 Å². The van der Waals surface area contributed by atoms with Crippen LogP contribution in [0.25, 0.3) is 0 Å². The first-order valence-corrected chi connectivity index (χ1v) is 9.54. The molecular formula is C23H21N3O4. The van der Waals surface area contributed by atoms with Crippen LogP contribution >= 0.6 is 0 Å². The second-order valence-electron chi connectivity index (χ2n) is 7.53. The molecule has 1 aliphatic rings. The summed E-state index contributed by atoms with van der Waals surface area (Å²) in [6, 6.07) is 16.2. The third kappa shape index (κ3) is 3.69. The SMILES string of the molecule is Cc1ccc(N2Cc3ccc(Nc4ccc([N+](=O)[O-])cc4C(=O)O)cc3C2)cc1C. The van der Waals surface area contributed by atoms with E-state index in [4.69, 9.17) is 0 Å². The third-order valence-corrected chi connectivity index (χ3v) is 5.51. The maximum absolute atomic E-state index is 11.6. The molecule has 7 nitrogen and oxygen atoms in total. The molecule has 0 saturated heterocycles. The Morgan fingerprint density at radius 1 is 1.00 bits per heavy atom. The van der Waals surface area contributed by atoms with Gasteiger partial charge in [-0.3, -0.25) is 10.1 Å². The van der Waals surface area contributed by atoms with Crippen molar-refractivity contribution in [3.8, 4) is 0 Å². The Labute approximate surface area is 173 Å². The van der Waals surface area contributed by atoms with Crippen LogP contribution in [0.4, 0.5) is 22.7 Å². The van der Waals surface area contributed by atoms with Crippen molar-refractivity contribution >= 4 is 28.7 Å². The summed E-state index contributed by atoms with van der Waals surface area (Å²) in [6.07, 6.45) is 0. The third-order valence-electron chi connectivity index (χ3n) is 5.51. The van der Waals surface area contributed by atoms with Gasteiger partial charge >= 0.3 is 5.97 Å². The average molecular weight is 403 g/mol. The minimum Gasteiger partial charge on any atom is -0.478 e. The molecule has 0 atom stereocenters. The van der Waals surface area contributed by atoms with Gasteiger partial charge in [0.1, 0.15) is 0 Å². The Morgan fingerprint density at radius 3 is 2.47 bits per heavy atom. The molecule has 0 aliphatic carbocycles. The van der Waals surface area contributed by atoms with Crippen LogP contribution in [0.5, 0.6) is 0 Å². The summed E-state index contributed by atoms with van der Waals surface area (Å²) >= 11 is 0. The first-order valence-electron chi connectivity index (χ1n) is 9.54. The molecule has 7 heteroatoms. The molecule has 0 aromatic heterocycles. The lowest BCUT2D eigenvalue weighted by molar-refractivity contribution is -0.384. The summed E-state index contributed by atoms with van der Waals surface area (Å²) in [4.78, 5) is 24.2. The topological polar surface area (TPSA) is 95.7 Å². The quantitative estimate of drug-likeness (QED) is 0.450. The number of anilines is 3. The minimum absolute atomic E-state index is 0.138. The van der Waals surface area contributed by atoms with E-state index in [1.165, 1.54) is 34.5 Å². The van der Waals surface area contributed by atoms with Crippen LogP contribution in [0.15, 0.2) is 54.6 Å². The largest absolute Gasteiger partial charge is 0.478 e. The number of hydrogen-bond acceptors (Lipinski definition) is 5. The molecule has 152 valence electrons. The summed E-state index contributed by atoms with van der Waals surface area (Å²) in [6.45, 7) is 5.78. The zero-order valence-electron chi connectivity index (χ0n) is 16.7. The van der Waals surface area contributed by atoms with Gasteiger partial charge in [0, 0.05) is 36.6 Å². The number of carboxylic acids is 1. The van der Waals surface area contributed by atoms with E-state index in [1.807, 2.05) is 18.2 Å². The normalized spacial score (nSPS) is 12.5. The monoisotopic (exact) mass is 403 g/mol. The molecule has 3 aromatic carbocycles. The molecule has 1 heterocycles. The summed E-state index contributed by atoms with van der Waals surface area (Å²) in [5, 5.41) is 23.5. The molecular weight excluding hydrogens is 382 g/mol. The van der Waals surface area contributed by atoms with Crippen molar-refractivity contribution in [3.63, 3.8) is 0 Å². The van der Waals surface area contributed by atoms with Crippen LogP contribution < -0.4 is 10.2 Å². The summed E-state index contributed by atoms with van der Waals surface area (Å²) in [7, 11) is 0. The summed E-state index contributed by atoms with van der Waals surface area (Å²) in [5.74, 6) is -1.22. The number of nitro benzene ring substituents is 1. The molecule has 0 saturated carbocycles. The fourth-order valence-electron chi connectivity index (χ4n) is 3.66. The van der Waals surface area contributed by atoms with E-state index in [2.05, 4.69) is 42.3 Å². The Kier molecular flexibility index (Phi) is 4.87. The molecule has 0 fully saturated rings. The number of benzene rings is 3. The standard InChI is InChI=1S/C23H21N3O4/c1-14-3-6-19(9-15(14)2)25-12-16-4-5-18(10-17(16)13-25)24-22-8-7-20(26(29)30)11-21(22)23(27)28/h3-11,24H,12-13H2,1-2H3,(H,27,28). The van der Waals surface area contributed by atoms with Crippen molar-refractivity contribution in [1.29, 1.82) is 0 Å². The van der Waals surface area contributed by atoms with E-state index in [0.29, 0.717) is 5.69 Å². The number of aryl methyl sites for hydroxylation is 2. The van der Waals surface area contributed by atoms with E-state index in [9.17, 15) is 20.0 Å². The van der Waals surface area contributed by atoms with Crippen LogP contribution in [0.3, 0.4) is 0 Å². The number of carbonyl (C=O) groups is 1. The van der Waals surface area contributed by atoms with Gasteiger partial charge in [0.15, 0.2) is 0 Å². The predicted molar refractivity (Wildman–Crippen MR) is 116 cm³/mol. The van der Waals surface area contributed by atoms with E-state index in [1.54, 1.807) is 0 Å². The fourth-order valence-corrected chi connectivity index (χ4v) is 3.66. The first kappa shape index (κ1) is 19.4. The highest BCUT2D eigenvalue weighted by atomic mass is 16.6. The number of non-ortho nitro benzene ring substituents is 1. The fraction of sp³-hybridized carbons (Fsp3) is 0.174. The molecule has 0 amide bonds. The molecule has 0 bridgehead atoms. The van der Waals surface area contributed by atoms with Gasteiger partial charge in [-0.05, 0) is 66.4 Å². The molecule has 4 rings (SSSR count). The number of rotatable bonds is 5. The van der Waals surface area contributed by atoms with Crippen molar-refractivity contribution in [2.75, 3.05) is 10.2 Å². The lowest BCUT2D eigenvalue weighted by Crippen LogP contribution is -2.14. The minimum atomic E-state index is -1.22. The van der Waals surface area contributed by atoms with E-state index < -0.39 is 10.9 Å². The number of nitrogens with zero attached hydrogens (tertiary/aromatic N) is 2. The Balaban J connectivity index is 1.58. The second kappa shape index (κ2) is 7.51.